The van der Waals surface area contributed by atoms with Crippen molar-refractivity contribution >= 4 is 16.1 Å². The van der Waals surface area contributed by atoms with Gasteiger partial charge in [0.1, 0.15) is 5.76 Å². The Labute approximate surface area is 113 Å². The van der Waals surface area contributed by atoms with E-state index in [0.717, 1.165) is 5.56 Å². The minimum absolute atomic E-state index is 0.0937. The largest absolute Gasteiger partial charge is 0.432 e. The van der Waals surface area contributed by atoms with E-state index in [1.807, 2.05) is 6.92 Å². The average molecular weight is 284 g/mol. The van der Waals surface area contributed by atoms with Gasteiger partial charge in [0.05, 0.1) is 11.5 Å². The first kappa shape index (κ1) is 15.4. The number of carbonyl (C=O) groups excluding carboxylic acids is 1. The van der Waals surface area contributed by atoms with Crippen molar-refractivity contribution < 1.29 is 22.1 Å². The summed E-state index contributed by atoms with van der Waals surface area (Å²) in [6.45, 7) is 6.46. The molecule has 0 unspecified atom stereocenters. The summed E-state index contributed by atoms with van der Waals surface area (Å²) < 4.78 is 33.1. The Morgan fingerprint density at radius 2 is 1.84 bits per heavy atom. The molecule has 0 aromatic heterocycles. The van der Waals surface area contributed by atoms with Crippen LogP contribution < -0.4 is 0 Å². The molecule has 1 aromatic carbocycles. The number of benzene rings is 1. The summed E-state index contributed by atoms with van der Waals surface area (Å²) in [4.78, 5) is 10.7. The van der Waals surface area contributed by atoms with Crippen molar-refractivity contribution in [3.05, 3.63) is 42.2 Å². The van der Waals surface area contributed by atoms with Crippen LogP contribution >= 0.6 is 0 Å². The van der Waals surface area contributed by atoms with Crippen molar-refractivity contribution in [2.24, 2.45) is 0 Å². The minimum Gasteiger partial charge on any atom is -0.432 e. The van der Waals surface area contributed by atoms with Crippen LogP contribution in [0.4, 0.5) is 0 Å². The van der Waals surface area contributed by atoms with E-state index in [9.17, 15) is 13.2 Å². The fraction of sp³-hybridized carbons (Fsp3) is 0.308. The van der Waals surface area contributed by atoms with Gasteiger partial charge in [-0.05, 0) is 19.1 Å². The van der Waals surface area contributed by atoms with Gasteiger partial charge in [-0.3, -0.25) is 8.98 Å². The molecule has 5 nitrogen and oxygen atoms in total. The highest BCUT2D eigenvalue weighted by Gasteiger charge is 2.14. The Kier molecular flexibility index (Phi) is 5.26. The molecular weight excluding hydrogens is 268 g/mol. The number of esters is 1. The first-order chi connectivity index (χ1) is 8.81. The van der Waals surface area contributed by atoms with E-state index in [1.54, 1.807) is 12.1 Å². The zero-order valence-electron chi connectivity index (χ0n) is 10.9. The molecule has 19 heavy (non-hydrogen) atoms. The summed E-state index contributed by atoms with van der Waals surface area (Å²) in [5, 5.41) is 0. The Balaban J connectivity index is 2.54. The van der Waals surface area contributed by atoms with Crippen LogP contribution in [0.1, 0.15) is 18.9 Å². The van der Waals surface area contributed by atoms with Crippen LogP contribution in [-0.4, -0.2) is 21.0 Å². The lowest BCUT2D eigenvalue weighted by molar-refractivity contribution is -0.137. The van der Waals surface area contributed by atoms with Crippen LogP contribution in [0.5, 0.6) is 0 Å². The zero-order chi connectivity index (χ0) is 14.5. The second-order valence-corrected chi connectivity index (χ2v) is 5.59. The standard InChI is InChI=1S/C13H16O5S/c1-10-4-6-13(7-5-10)19(15,16)17-9-8-11(2)18-12(3)14/h4-7H,2,8-9H2,1,3H3. The van der Waals surface area contributed by atoms with Crippen molar-refractivity contribution in [3.8, 4) is 0 Å². The highest BCUT2D eigenvalue weighted by molar-refractivity contribution is 7.86. The molecule has 6 heteroatoms. The summed E-state index contributed by atoms with van der Waals surface area (Å²) >= 11 is 0. The van der Waals surface area contributed by atoms with Gasteiger partial charge in [-0.1, -0.05) is 24.3 Å². The molecule has 0 heterocycles. The summed E-state index contributed by atoms with van der Waals surface area (Å²) in [5.74, 6) is -0.321. The van der Waals surface area contributed by atoms with E-state index in [4.69, 9.17) is 4.18 Å². The third-order valence-corrected chi connectivity index (χ3v) is 3.54. The van der Waals surface area contributed by atoms with Gasteiger partial charge in [-0.25, -0.2) is 0 Å². The van der Waals surface area contributed by atoms with Crippen molar-refractivity contribution in [1.82, 2.24) is 0 Å². The van der Waals surface area contributed by atoms with Crippen LogP contribution in [0, 0.1) is 6.92 Å². The van der Waals surface area contributed by atoms with E-state index in [1.165, 1.54) is 19.1 Å². The monoisotopic (exact) mass is 284 g/mol. The molecule has 0 N–H and O–H groups in total. The fourth-order valence-electron chi connectivity index (χ4n) is 1.29. The maximum Gasteiger partial charge on any atom is 0.307 e. The van der Waals surface area contributed by atoms with E-state index in [0.29, 0.717) is 0 Å². The summed E-state index contributed by atoms with van der Waals surface area (Å²) in [5.41, 5.74) is 0.960. The van der Waals surface area contributed by atoms with Crippen molar-refractivity contribution in [3.63, 3.8) is 0 Å². The molecule has 0 aliphatic carbocycles. The molecule has 1 rings (SSSR count). The molecule has 0 atom stereocenters. The molecule has 0 aliphatic rings. The maximum absolute atomic E-state index is 11.8. The third kappa shape index (κ3) is 5.23. The van der Waals surface area contributed by atoms with Crippen molar-refractivity contribution in [1.29, 1.82) is 0 Å². The van der Waals surface area contributed by atoms with Gasteiger partial charge in [0.25, 0.3) is 10.1 Å². The van der Waals surface area contributed by atoms with Crippen LogP contribution in [0.3, 0.4) is 0 Å². The third-order valence-electron chi connectivity index (χ3n) is 2.22. The number of aryl methyl sites for hydroxylation is 1. The molecule has 0 aliphatic heterocycles. The predicted molar refractivity (Wildman–Crippen MR) is 69.8 cm³/mol. The highest BCUT2D eigenvalue weighted by atomic mass is 32.2. The van der Waals surface area contributed by atoms with Gasteiger partial charge in [-0.2, -0.15) is 8.42 Å². The molecule has 0 bridgehead atoms. The number of hydrogen-bond acceptors (Lipinski definition) is 5. The van der Waals surface area contributed by atoms with E-state index < -0.39 is 16.1 Å². The molecule has 0 fully saturated rings. The Morgan fingerprint density at radius 1 is 1.26 bits per heavy atom. The van der Waals surface area contributed by atoms with Gasteiger partial charge in [0, 0.05) is 13.3 Å². The quantitative estimate of drug-likeness (QED) is 0.455. The summed E-state index contributed by atoms with van der Waals surface area (Å²) in [6.07, 6.45) is 0.130. The maximum atomic E-state index is 11.8. The Hall–Kier alpha value is -1.66. The number of ether oxygens (including phenoxy) is 1. The Morgan fingerprint density at radius 3 is 2.37 bits per heavy atom. The van der Waals surface area contributed by atoms with E-state index >= 15 is 0 Å². The average Bonchev–Trinajstić information content (AvgIpc) is 2.28. The normalized spacial score (nSPS) is 11.1. The van der Waals surface area contributed by atoms with Crippen molar-refractivity contribution in [2.75, 3.05) is 6.61 Å². The van der Waals surface area contributed by atoms with E-state index in [2.05, 4.69) is 11.3 Å². The van der Waals surface area contributed by atoms with Gasteiger partial charge >= 0.3 is 5.97 Å². The lowest BCUT2D eigenvalue weighted by Crippen LogP contribution is -2.09. The van der Waals surface area contributed by atoms with Gasteiger partial charge in [0.15, 0.2) is 0 Å². The molecule has 0 amide bonds. The molecule has 0 spiro atoms. The predicted octanol–water partition coefficient (Wildman–Crippen LogP) is 2.17. The fourth-order valence-corrected chi connectivity index (χ4v) is 2.20. The van der Waals surface area contributed by atoms with Gasteiger partial charge < -0.3 is 4.74 Å². The Bertz CT molecular complexity index is 557. The summed E-state index contributed by atoms with van der Waals surface area (Å²) in [6, 6.07) is 6.33. The zero-order valence-corrected chi connectivity index (χ0v) is 11.7. The smallest absolute Gasteiger partial charge is 0.307 e. The second-order valence-electron chi connectivity index (χ2n) is 3.97. The lowest BCUT2D eigenvalue weighted by Gasteiger charge is -2.07. The summed E-state index contributed by atoms with van der Waals surface area (Å²) in [7, 11) is -3.78. The molecular formula is C13H16O5S. The van der Waals surface area contributed by atoms with Crippen LogP contribution in [0.15, 0.2) is 41.5 Å². The first-order valence-electron chi connectivity index (χ1n) is 5.63. The molecule has 0 saturated heterocycles. The molecule has 0 radical (unpaired) electrons. The SMILES string of the molecule is C=C(CCOS(=O)(=O)c1ccc(C)cc1)OC(C)=O. The molecule has 104 valence electrons. The second kappa shape index (κ2) is 6.49. The van der Waals surface area contributed by atoms with Crippen LogP contribution in [0.2, 0.25) is 0 Å². The molecule has 1 aromatic rings. The number of rotatable bonds is 6. The van der Waals surface area contributed by atoms with E-state index in [-0.39, 0.29) is 23.7 Å². The lowest BCUT2D eigenvalue weighted by atomic mass is 10.2. The van der Waals surface area contributed by atoms with Crippen LogP contribution in [-0.2, 0) is 23.8 Å². The number of carbonyl (C=O) groups is 1. The topological polar surface area (TPSA) is 69.7 Å². The number of hydrogen-bond donors (Lipinski definition) is 0. The molecule has 0 saturated carbocycles. The van der Waals surface area contributed by atoms with Crippen LogP contribution in [0.25, 0.3) is 0 Å². The van der Waals surface area contributed by atoms with Crippen molar-refractivity contribution in [2.45, 2.75) is 25.2 Å². The van der Waals surface area contributed by atoms with Gasteiger partial charge in [-0.15, -0.1) is 0 Å². The first-order valence-corrected chi connectivity index (χ1v) is 7.04. The highest BCUT2D eigenvalue weighted by Crippen LogP contribution is 2.14. The van der Waals surface area contributed by atoms with Gasteiger partial charge in [0.2, 0.25) is 0 Å². The minimum atomic E-state index is -3.78.